The van der Waals surface area contributed by atoms with Crippen LogP contribution in [0.1, 0.15) is 36.8 Å². The van der Waals surface area contributed by atoms with E-state index in [1.807, 2.05) is 6.07 Å². The molecule has 0 aromatic heterocycles. The van der Waals surface area contributed by atoms with Crippen LogP contribution in [0.4, 0.5) is 0 Å². The summed E-state index contributed by atoms with van der Waals surface area (Å²) in [6.07, 6.45) is 4.02. The van der Waals surface area contributed by atoms with Crippen LogP contribution in [-0.2, 0) is 17.8 Å². The summed E-state index contributed by atoms with van der Waals surface area (Å²) in [5.74, 6) is 0. The second-order valence-electron chi connectivity index (χ2n) is 9.42. The molecule has 1 spiro atoms. The fourth-order valence-corrected chi connectivity index (χ4v) is 4.52. The van der Waals surface area contributed by atoms with Gasteiger partial charge in [0.05, 0.1) is 17.8 Å². The highest BCUT2D eigenvalue weighted by atomic mass is 16.6. The fourth-order valence-electron chi connectivity index (χ4n) is 4.52. The lowest BCUT2D eigenvalue weighted by atomic mass is 9.91. The topological polar surface area (TPSA) is 65.3 Å². The van der Waals surface area contributed by atoms with Gasteiger partial charge in [-0.2, -0.15) is 0 Å². The van der Waals surface area contributed by atoms with Crippen molar-refractivity contribution in [2.45, 2.75) is 50.0 Å². The number of likely N-dealkylation sites (tertiary alicyclic amines) is 2. The molecular weight excluding hydrogens is 386 g/mol. The molecule has 0 saturated carbocycles. The van der Waals surface area contributed by atoms with E-state index < -0.39 is 5.60 Å². The maximum absolute atomic E-state index is 10.0. The molecule has 0 atom stereocenters. The monoisotopic (exact) mass is 423 g/mol. The van der Waals surface area contributed by atoms with Gasteiger partial charge in [0.1, 0.15) is 0 Å². The third-order valence-electron chi connectivity index (χ3n) is 6.98. The Morgan fingerprint density at radius 2 is 1.16 bits per heavy atom. The van der Waals surface area contributed by atoms with Gasteiger partial charge in [-0.15, -0.1) is 0 Å². The average molecular weight is 424 g/mol. The number of ether oxygens (including phenoxy) is 1. The Morgan fingerprint density at radius 3 is 1.55 bits per heavy atom. The van der Waals surface area contributed by atoms with Crippen LogP contribution in [0, 0.1) is 0 Å². The Hall–Kier alpha value is -1.76. The van der Waals surface area contributed by atoms with E-state index in [0.29, 0.717) is 12.1 Å². The highest BCUT2D eigenvalue weighted by Gasteiger charge is 2.46. The van der Waals surface area contributed by atoms with Gasteiger partial charge in [0, 0.05) is 45.8 Å². The predicted molar refractivity (Wildman–Crippen MR) is 125 cm³/mol. The van der Waals surface area contributed by atoms with Crippen LogP contribution in [0.5, 0.6) is 0 Å². The molecule has 2 aromatic rings. The third-order valence-corrected chi connectivity index (χ3v) is 6.98. The zero-order chi connectivity index (χ0) is 21.6. The number of hydrogen-bond donors (Lipinski definition) is 2. The van der Waals surface area contributed by atoms with Gasteiger partial charge in [0.15, 0.2) is 0 Å². The number of epoxide rings is 1. The van der Waals surface area contributed by atoms with Crippen LogP contribution in [0.15, 0.2) is 60.7 Å². The summed E-state index contributed by atoms with van der Waals surface area (Å²) in [4.78, 5) is 4.90. The molecule has 0 aliphatic carbocycles. The Morgan fingerprint density at radius 1 is 0.742 bits per heavy atom. The quantitative estimate of drug-likeness (QED) is 0.724. The lowest BCUT2D eigenvalue weighted by Crippen LogP contribution is -2.48. The van der Waals surface area contributed by atoms with E-state index >= 15 is 0 Å². The van der Waals surface area contributed by atoms with Crippen molar-refractivity contribution in [1.82, 2.24) is 9.80 Å². The van der Waals surface area contributed by atoms with Crippen LogP contribution in [-0.4, -0.2) is 65.4 Å². The molecule has 5 rings (SSSR count). The van der Waals surface area contributed by atoms with Gasteiger partial charge in [-0.25, -0.2) is 0 Å². The number of piperidine rings is 2. The molecule has 5 nitrogen and oxygen atoms in total. The number of nitrogens with zero attached hydrogens (tertiary/aromatic N) is 2. The second-order valence-corrected chi connectivity index (χ2v) is 9.42. The van der Waals surface area contributed by atoms with Crippen molar-refractivity contribution in [3.63, 3.8) is 0 Å². The number of nitrogens with two attached hydrogens (primary N) is 1. The van der Waals surface area contributed by atoms with Crippen LogP contribution >= 0.6 is 0 Å². The highest BCUT2D eigenvalue weighted by Crippen LogP contribution is 2.37. The van der Waals surface area contributed by atoms with E-state index in [4.69, 9.17) is 10.5 Å². The first-order valence-electron chi connectivity index (χ1n) is 11.7. The van der Waals surface area contributed by atoms with Gasteiger partial charge in [-0.1, -0.05) is 60.7 Å². The molecule has 3 saturated heterocycles. The van der Waals surface area contributed by atoms with Crippen LogP contribution < -0.4 is 5.73 Å². The number of hydrogen-bond acceptors (Lipinski definition) is 5. The largest absolute Gasteiger partial charge is 0.388 e. The number of rotatable bonds is 5. The molecule has 168 valence electrons. The molecule has 3 aliphatic rings. The molecule has 3 heterocycles. The third kappa shape index (κ3) is 6.61. The lowest BCUT2D eigenvalue weighted by Gasteiger charge is -2.37. The van der Waals surface area contributed by atoms with E-state index in [2.05, 4.69) is 64.4 Å². The molecule has 3 fully saturated rings. The number of aliphatic hydroxyl groups is 1. The van der Waals surface area contributed by atoms with Crippen LogP contribution in [0.3, 0.4) is 0 Å². The van der Waals surface area contributed by atoms with Crippen LogP contribution in [0.2, 0.25) is 0 Å². The summed E-state index contributed by atoms with van der Waals surface area (Å²) < 4.78 is 5.51. The van der Waals surface area contributed by atoms with E-state index in [-0.39, 0.29) is 0 Å². The maximum atomic E-state index is 10.0. The zero-order valence-corrected chi connectivity index (χ0v) is 18.6. The van der Waals surface area contributed by atoms with Gasteiger partial charge in [-0.05, 0) is 36.8 Å². The minimum absolute atomic E-state index is 0.313. The Labute approximate surface area is 186 Å². The Kier molecular flexibility index (Phi) is 7.41. The van der Waals surface area contributed by atoms with Gasteiger partial charge in [-0.3, -0.25) is 9.80 Å². The summed E-state index contributed by atoms with van der Waals surface area (Å²) in [5.41, 5.74) is 8.02. The molecule has 0 radical (unpaired) electrons. The number of benzene rings is 2. The molecule has 2 aromatic carbocycles. The average Bonchev–Trinajstić information content (AvgIpc) is 3.58. The van der Waals surface area contributed by atoms with Gasteiger partial charge < -0.3 is 15.6 Å². The summed E-state index contributed by atoms with van der Waals surface area (Å²) in [6.45, 7) is 7.70. The summed E-state index contributed by atoms with van der Waals surface area (Å²) in [5, 5.41) is 10.0. The van der Waals surface area contributed by atoms with Crippen molar-refractivity contribution >= 4 is 0 Å². The SMILES string of the molecule is NCC1(O)CCN(Cc2ccccc2)CC1.c1ccc(CN2CCC3(CC2)CO3)cc1. The molecule has 5 heteroatoms. The van der Waals surface area contributed by atoms with Gasteiger partial charge >= 0.3 is 0 Å². The van der Waals surface area contributed by atoms with Crippen molar-refractivity contribution < 1.29 is 9.84 Å². The van der Waals surface area contributed by atoms with E-state index in [1.54, 1.807) is 0 Å². The highest BCUT2D eigenvalue weighted by molar-refractivity contribution is 5.15. The summed E-state index contributed by atoms with van der Waals surface area (Å²) in [7, 11) is 0. The second kappa shape index (κ2) is 10.2. The summed E-state index contributed by atoms with van der Waals surface area (Å²) >= 11 is 0. The fraction of sp³-hybridized carbons (Fsp3) is 0.538. The van der Waals surface area contributed by atoms with Crippen molar-refractivity contribution in [3.8, 4) is 0 Å². The summed E-state index contributed by atoms with van der Waals surface area (Å²) in [6, 6.07) is 21.2. The van der Waals surface area contributed by atoms with E-state index in [0.717, 1.165) is 45.6 Å². The first-order valence-corrected chi connectivity index (χ1v) is 11.7. The van der Waals surface area contributed by atoms with E-state index in [1.165, 1.54) is 37.1 Å². The minimum Gasteiger partial charge on any atom is -0.388 e. The Balaban J connectivity index is 0.000000149. The molecule has 0 amide bonds. The standard InChI is InChI=1S/C13H20N2O.C13H17NO/c14-11-13(16)6-8-15(9-7-13)10-12-4-2-1-3-5-12;1-2-4-12(5-3-1)10-14-8-6-13(7-9-14)11-15-13/h1-5,16H,6-11,14H2;1-5H,6-11H2. The van der Waals surface area contributed by atoms with Crippen molar-refractivity contribution in [1.29, 1.82) is 0 Å². The van der Waals surface area contributed by atoms with E-state index in [9.17, 15) is 5.11 Å². The lowest BCUT2D eigenvalue weighted by molar-refractivity contribution is -0.0153. The van der Waals surface area contributed by atoms with Crippen molar-refractivity contribution in [2.24, 2.45) is 5.73 Å². The van der Waals surface area contributed by atoms with Crippen LogP contribution in [0.25, 0.3) is 0 Å². The molecular formula is C26H37N3O2. The zero-order valence-electron chi connectivity index (χ0n) is 18.6. The maximum Gasteiger partial charge on any atom is 0.0940 e. The predicted octanol–water partition coefficient (Wildman–Crippen LogP) is 3.02. The van der Waals surface area contributed by atoms with Gasteiger partial charge in [0.25, 0.3) is 0 Å². The minimum atomic E-state index is -0.618. The Bertz CT molecular complexity index is 777. The molecule has 3 N–H and O–H groups in total. The molecule has 31 heavy (non-hydrogen) atoms. The smallest absolute Gasteiger partial charge is 0.0940 e. The van der Waals surface area contributed by atoms with Crippen molar-refractivity contribution in [2.75, 3.05) is 39.3 Å². The normalized spacial score (nSPS) is 22.5. The molecule has 0 bridgehead atoms. The first-order chi connectivity index (χ1) is 15.1. The van der Waals surface area contributed by atoms with Crippen molar-refractivity contribution in [3.05, 3.63) is 71.8 Å². The first kappa shape index (κ1) is 22.4. The van der Waals surface area contributed by atoms with Gasteiger partial charge in [0.2, 0.25) is 0 Å². The molecule has 3 aliphatic heterocycles. The molecule has 0 unspecified atom stereocenters.